The molecule has 1 saturated carbocycles. The van der Waals surface area contributed by atoms with E-state index in [0.717, 1.165) is 18.0 Å². The third kappa shape index (κ3) is 2.17. The van der Waals surface area contributed by atoms with Gasteiger partial charge < -0.3 is 10.4 Å². The molecule has 5 nitrogen and oxygen atoms in total. The van der Waals surface area contributed by atoms with Crippen LogP contribution in [0.1, 0.15) is 36.3 Å². The van der Waals surface area contributed by atoms with Crippen LogP contribution in [0.5, 0.6) is 0 Å². The molecule has 0 bridgehead atoms. The molecule has 1 heterocycles. The highest BCUT2D eigenvalue weighted by Gasteiger charge is 2.50. The van der Waals surface area contributed by atoms with Crippen molar-refractivity contribution in [1.29, 1.82) is 0 Å². The van der Waals surface area contributed by atoms with Gasteiger partial charge in [0.2, 0.25) is 5.91 Å². The molecule has 0 aliphatic heterocycles. The Bertz CT molecular complexity index is 493. The van der Waals surface area contributed by atoms with E-state index in [1.54, 1.807) is 6.92 Å². The zero-order valence-corrected chi connectivity index (χ0v) is 10.7. The molecule has 1 aliphatic carbocycles. The van der Waals surface area contributed by atoms with E-state index in [1.165, 1.54) is 0 Å². The molecule has 1 unspecified atom stereocenters. The molecule has 0 saturated heterocycles. The maximum Gasteiger partial charge on any atom is 0.340 e. The number of aromatic nitrogens is 1. The molecule has 6 heteroatoms. The van der Waals surface area contributed by atoms with Gasteiger partial charge in [-0.1, -0.05) is 13.8 Å². The van der Waals surface area contributed by atoms with Crippen LogP contribution in [-0.2, 0) is 4.79 Å². The normalized spacial score (nSPS) is 21.0. The number of aromatic carboxylic acids is 1. The van der Waals surface area contributed by atoms with Crippen LogP contribution >= 0.6 is 11.5 Å². The van der Waals surface area contributed by atoms with Gasteiger partial charge in [-0.15, -0.1) is 0 Å². The Balaban J connectivity index is 2.15. The van der Waals surface area contributed by atoms with E-state index < -0.39 is 5.97 Å². The van der Waals surface area contributed by atoms with Crippen LogP contribution in [0.3, 0.4) is 0 Å². The molecule has 0 radical (unpaired) electrons. The monoisotopic (exact) mass is 254 g/mol. The first kappa shape index (κ1) is 12.0. The Morgan fingerprint density at radius 2 is 2.12 bits per heavy atom. The molecule has 0 aromatic carbocycles. The number of carboxylic acid groups (broad SMARTS) is 1. The number of carboxylic acids is 1. The third-order valence-electron chi connectivity index (χ3n) is 3.14. The van der Waals surface area contributed by atoms with Crippen LogP contribution in [0.2, 0.25) is 0 Å². The predicted octanol–water partition coefficient (Wildman–Crippen LogP) is 2.13. The quantitative estimate of drug-likeness (QED) is 0.866. The number of nitrogens with one attached hydrogen (secondary N) is 1. The van der Waals surface area contributed by atoms with Gasteiger partial charge in [-0.3, -0.25) is 4.79 Å². The first-order chi connectivity index (χ1) is 7.83. The number of carbonyl (C=O) groups excluding carboxylic acids is 1. The lowest BCUT2D eigenvalue weighted by Gasteiger charge is -2.05. The zero-order valence-electron chi connectivity index (χ0n) is 9.90. The Morgan fingerprint density at radius 1 is 1.53 bits per heavy atom. The lowest BCUT2D eigenvalue weighted by molar-refractivity contribution is -0.117. The van der Waals surface area contributed by atoms with Crippen molar-refractivity contribution < 1.29 is 14.7 Å². The standard InChI is InChI=1S/C11H14N2O3S/c1-5-7(10(15)16)9(17-13-5)12-8(14)6-4-11(6,2)3/h6H,4H2,1-3H3,(H,12,14)(H,15,16). The van der Waals surface area contributed by atoms with Crippen LogP contribution in [0.25, 0.3) is 0 Å². The highest BCUT2D eigenvalue weighted by Crippen LogP contribution is 2.52. The minimum atomic E-state index is -1.05. The molecular formula is C11H14N2O3S. The molecule has 2 rings (SSSR count). The Labute approximate surface area is 103 Å². The van der Waals surface area contributed by atoms with Crippen molar-refractivity contribution in [1.82, 2.24) is 4.37 Å². The summed E-state index contributed by atoms with van der Waals surface area (Å²) in [7, 11) is 0. The van der Waals surface area contributed by atoms with Gasteiger partial charge in [0.15, 0.2) is 0 Å². The fourth-order valence-corrected chi connectivity index (χ4v) is 2.61. The highest BCUT2D eigenvalue weighted by molar-refractivity contribution is 7.11. The molecule has 1 aliphatic rings. The van der Waals surface area contributed by atoms with E-state index in [0.29, 0.717) is 10.7 Å². The molecule has 1 amide bonds. The van der Waals surface area contributed by atoms with E-state index >= 15 is 0 Å². The SMILES string of the molecule is Cc1nsc(NC(=O)C2CC2(C)C)c1C(=O)O. The molecule has 92 valence electrons. The summed E-state index contributed by atoms with van der Waals surface area (Å²) in [5.41, 5.74) is 0.572. The number of anilines is 1. The second-order valence-electron chi connectivity index (χ2n) is 5.01. The number of hydrogen-bond donors (Lipinski definition) is 2. The summed E-state index contributed by atoms with van der Waals surface area (Å²) in [6.07, 6.45) is 0.846. The summed E-state index contributed by atoms with van der Waals surface area (Å²) in [4.78, 5) is 22.9. The number of amides is 1. The topological polar surface area (TPSA) is 79.3 Å². The van der Waals surface area contributed by atoms with Crippen molar-refractivity contribution >= 4 is 28.4 Å². The van der Waals surface area contributed by atoms with E-state index in [-0.39, 0.29) is 22.8 Å². The molecule has 1 atom stereocenters. The molecule has 0 spiro atoms. The summed E-state index contributed by atoms with van der Waals surface area (Å²) in [6, 6.07) is 0. The van der Waals surface area contributed by atoms with Crippen molar-refractivity contribution in [2.45, 2.75) is 27.2 Å². The average Bonchev–Trinajstić information content (AvgIpc) is 2.67. The van der Waals surface area contributed by atoms with Crippen molar-refractivity contribution in [2.24, 2.45) is 11.3 Å². The van der Waals surface area contributed by atoms with E-state index in [1.807, 2.05) is 13.8 Å². The first-order valence-corrected chi connectivity index (χ1v) is 6.10. The number of hydrogen-bond acceptors (Lipinski definition) is 4. The van der Waals surface area contributed by atoms with E-state index in [2.05, 4.69) is 9.69 Å². The minimum absolute atomic E-state index is 0.0217. The van der Waals surface area contributed by atoms with Gasteiger partial charge in [0.05, 0.1) is 5.69 Å². The lowest BCUT2D eigenvalue weighted by atomic mass is 10.1. The van der Waals surface area contributed by atoms with Crippen LogP contribution in [0.4, 0.5) is 5.00 Å². The maximum absolute atomic E-state index is 11.8. The van der Waals surface area contributed by atoms with Crippen molar-refractivity contribution in [2.75, 3.05) is 5.32 Å². The average molecular weight is 254 g/mol. The molecule has 1 aromatic rings. The number of rotatable bonds is 3. The second kappa shape index (κ2) is 3.80. The second-order valence-corrected chi connectivity index (χ2v) is 5.79. The Hall–Kier alpha value is -1.43. The summed E-state index contributed by atoms with van der Waals surface area (Å²) in [5.74, 6) is -1.19. The Morgan fingerprint density at radius 3 is 2.59 bits per heavy atom. The summed E-state index contributed by atoms with van der Waals surface area (Å²) >= 11 is 1.02. The number of nitrogens with zero attached hydrogens (tertiary/aromatic N) is 1. The zero-order chi connectivity index (χ0) is 12.8. The number of aryl methyl sites for hydroxylation is 1. The van der Waals surface area contributed by atoms with E-state index in [9.17, 15) is 9.59 Å². The van der Waals surface area contributed by atoms with Crippen molar-refractivity contribution in [3.8, 4) is 0 Å². The lowest BCUT2D eigenvalue weighted by Crippen LogP contribution is -2.17. The van der Waals surface area contributed by atoms with Crippen LogP contribution < -0.4 is 5.32 Å². The van der Waals surface area contributed by atoms with Gasteiger partial charge in [-0.05, 0) is 30.3 Å². The summed E-state index contributed by atoms with van der Waals surface area (Å²) < 4.78 is 3.95. The fourth-order valence-electron chi connectivity index (χ4n) is 1.82. The highest BCUT2D eigenvalue weighted by atomic mass is 32.1. The Kier molecular flexibility index (Phi) is 2.69. The van der Waals surface area contributed by atoms with Gasteiger partial charge in [0.1, 0.15) is 10.6 Å². The van der Waals surface area contributed by atoms with Gasteiger partial charge in [0, 0.05) is 5.92 Å². The van der Waals surface area contributed by atoms with Crippen molar-refractivity contribution in [3.63, 3.8) is 0 Å². The van der Waals surface area contributed by atoms with Crippen LogP contribution in [0, 0.1) is 18.3 Å². The maximum atomic E-state index is 11.8. The van der Waals surface area contributed by atoms with Crippen LogP contribution in [-0.4, -0.2) is 21.4 Å². The minimum Gasteiger partial charge on any atom is -0.478 e. The summed E-state index contributed by atoms with van der Waals surface area (Å²) in [5, 5.41) is 12.0. The van der Waals surface area contributed by atoms with Gasteiger partial charge in [-0.25, -0.2) is 4.79 Å². The third-order valence-corrected chi connectivity index (χ3v) is 4.00. The van der Waals surface area contributed by atoms with Gasteiger partial charge in [-0.2, -0.15) is 4.37 Å². The smallest absolute Gasteiger partial charge is 0.340 e. The fraction of sp³-hybridized carbons (Fsp3) is 0.545. The molecule has 17 heavy (non-hydrogen) atoms. The molecular weight excluding hydrogens is 240 g/mol. The molecule has 2 N–H and O–H groups in total. The van der Waals surface area contributed by atoms with Gasteiger partial charge in [0.25, 0.3) is 0 Å². The van der Waals surface area contributed by atoms with Crippen molar-refractivity contribution in [3.05, 3.63) is 11.3 Å². The van der Waals surface area contributed by atoms with Crippen LogP contribution in [0.15, 0.2) is 0 Å². The first-order valence-electron chi connectivity index (χ1n) is 5.33. The van der Waals surface area contributed by atoms with Gasteiger partial charge >= 0.3 is 5.97 Å². The number of carbonyl (C=O) groups is 2. The molecule has 1 fully saturated rings. The predicted molar refractivity (Wildman–Crippen MR) is 64.3 cm³/mol. The summed E-state index contributed by atoms with van der Waals surface area (Å²) in [6.45, 7) is 5.66. The largest absolute Gasteiger partial charge is 0.478 e. The molecule has 1 aromatic heterocycles. The van der Waals surface area contributed by atoms with E-state index in [4.69, 9.17) is 5.11 Å².